The molecule has 0 bridgehead atoms. The number of phenolic OH excluding ortho intramolecular Hbond substituents is 1. The summed E-state index contributed by atoms with van der Waals surface area (Å²) in [6.07, 6.45) is 1.91. The number of pyridine rings is 1. The standard InChI is InChI=1S/C52H49BN4O/c1-33(2)43-31-37(35-16-10-8-11-17-35)24-25-44(43)53-56(34(3)4)46-21-15-23-48(58)49(46)51-55-50-42(20-14-22-47(50)57(51)53)39-28-40(30-41(29-39)52(5,6)7)45-32-38(26-27-54-45)36-18-12-9-13-19-36/h8-34,58H,1-7H3. The summed E-state index contributed by atoms with van der Waals surface area (Å²) in [4.78, 5) is 12.9. The van der Waals surface area contributed by atoms with Crippen molar-refractivity contribution in [1.82, 2.24) is 14.4 Å². The second kappa shape index (κ2) is 14.5. The summed E-state index contributed by atoms with van der Waals surface area (Å²) < 4.78 is 2.38. The molecule has 1 N–H and O–H groups in total. The molecule has 9 rings (SSSR count). The summed E-state index contributed by atoms with van der Waals surface area (Å²) in [7, 11) is 0. The largest absolute Gasteiger partial charge is 0.507 e. The Morgan fingerprint density at radius 2 is 1.29 bits per heavy atom. The van der Waals surface area contributed by atoms with Crippen LogP contribution < -0.4 is 10.3 Å². The molecule has 2 aromatic heterocycles. The van der Waals surface area contributed by atoms with Crippen LogP contribution in [0.5, 0.6) is 5.75 Å². The van der Waals surface area contributed by atoms with Crippen LogP contribution in [0.25, 0.3) is 67.1 Å². The number of phenols is 1. The Kier molecular flexibility index (Phi) is 9.31. The lowest BCUT2D eigenvalue weighted by atomic mass is 9.59. The van der Waals surface area contributed by atoms with Crippen molar-refractivity contribution in [2.45, 2.75) is 65.8 Å². The van der Waals surface area contributed by atoms with E-state index in [0.29, 0.717) is 0 Å². The Morgan fingerprint density at radius 1 is 0.621 bits per heavy atom. The van der Waals surface area contributed by atoms with Crippen molar-refractivity contribution in [2.24, 2.45) is 0 Å². The van der Waals surface area contributed by atoms with Crippen LogP contribution in [0.1, 0.15) is 65.5 Å². The van der Waals surface area contributed by atoms with Crippen LogP contribution in [-0.2, 0) is 5.41 Å². The van der Waals surface area contributed by atoms with Gasteiger partial charge in [-0.3, -0.25) is 4.98 Å². The predicted octanol–water partition coefficient (Wildman–Crippen LogP) is 12.4. The minimum absolute atomic E-state index is 0.110. The number of para-hydroxylation sites is 1. The number of hydrogen-bond donors (Lipinski definition) is 1. The average Bonchev–Trinajstić information content (AvgIpc) is 3.63. The fourth-order valence-corrected chi connectivity index (χ4v) is 8.73. The number of hydrogen-bond acceptors (Lipinski definition) is 4. The van der Waals surface area contributed by atoms with E-state index in [2.05, 4.69) is 185 Å². The van der Waals surface area contributed by atoms with Gasteiger partial charge in [-0.2, -0.15) is 0 Å². The van der Waals surface area contributed by atoms with Crippen LogP contribution in [0.4, 0.5) is 5.69 Å². The van der Waals surface area contributed by atoms with E-state index < -0.39 is 0 Å². The van der Waals surface area contributed by atoms with Gasteiger partial charge >= 0.3 is 6.98 Å². The lowest BCUT2D eigenvalue weighted by Crippen LogP contribution is -2.59. The van der Waals surface area contributed by atoms with Gasteiger partial charge < -0.3 is 14.4 Å². The van der Waals surface area contributed by atoms with Crippen LogP contribution in [0, 0.1) is 0 Å². The summed E-state index contributed by atoms with van der Waals surface area (Å²) >= 11 is 0. The topological polar surface area (TPSA) is 54.2 Å². The highest BCUT2D eigenvalue weighted by atomic mass is 16.3. The fourth-order valence-electron chi connectivity index (χ4n) is 8.73. The fraction of sp³-hybridized carbons (Fsp3) is 0.192. The molecule has 0 saturated heterocycles. The number of aromatic hydroxyl groups is 1. The molecule has 0 atom stereocenters. The first-order valence-corrected chi connectivity index (χ1v) is 20.5. The molecule has 0 unspecified atom stereocenters. The van der Waals surface area contributed by atoms with Crippen molar-refractivity contribution < 1.29 is 5.11 Å². The lowest BCUT2D eigenvalue weighted by molar-refractivity contribution is 0.476. The van der Waals surface area contributed by atoms with Gasteiger partial charge in [0, 0.05) is 29.1 Å². The van der Waals surface area contributed by atoms with Gasteiger partial charge in [-0.25, -0.2) is 4.98 Å². The third-order valence-electron chi connectivity index (χ3n) is 11.7. The number of imidazole rings is 1. The Hall–Kier alpha value is -6.40. The maximum atomic E-state index is 11.7. The van der Waals surface area contributed by atoms with Crippen LogP contribution >= 0.6 is 0 Å². The molecule has 0 aliphatic carbocycles. The quantitative estimate of drug-likeness (QED) is 0.165. The zero-order chi connectivity index (χ0) is 40.3. The minimum Gasteiger partial charge on any atom is -0.507 e. The van der Waals surface area contributed by atoms with E-state index in [4.69, 9.17) is 9.97 Å². The molecule has 3 heterocycles. The van der Waals surface area contributed by atoms with E-state index in [9.17, 15) is 5.11 Å². The predicted molar refractivity (Wildman–Crippen MR) is 244 cm³/mol. The van der Waals surface area contributed by atoms with Crippen molar-refractivity contribution in [3.05, 3.63) is 163 Å². The molecular formula is C52H49BN4O. The number of benzene rings is 6. The van der Waals surface area contributed by atoms with Crippen LogP contribution in [-0.4, -0.2) is 32.6 Å². The van der Waals surface area contributed by atoms with Gasteiger partial charge in [-0.15, -0.1) is 0 Å². The molecule has 0 radical (unpaired) electrons. The van der Waals surface area contributed by atoms with Gasteiger partial charge in [0.25, 0.3) is 0 Å². The molecule has 5 nitrogen and oxygen atoms in total. The molecule has 58 heavy (non-hydrogen) atoms. The molecule has 1 aliphatic rings. The van der Waals surface area contributed by atoms with Crippen molar-refractivity contribution in [3.8, 4) is 61.8 Å². The number of aromatic nitrogens is 3. The van der Waals surface area contributed by atoms with Crippen molar-refractivity contribution in [1.29, 1.82) is 0 Å². The molecule has 1 aliphatic heterocycles. The summed E-state index contributed by atoms with van der Waals surface area (Å²) in [6, 6.07) is 51.7. The van der Waals surface area contributed by atoms with E-state index >= 15 is 0 Å². The maximum absolute atomic E-state index is 11.7. The molecule has 0 saturated carbocycles. The van der Waals surface area contributed by atoms with Crippen molar-refractivity contribution in [3.63, 3.8) is 0 Å². The molecule has 6 heteroatoms. The Balaban J connectivity index is 1.29. The molecule has 0 spiro atoms. The highest BCUT2D eigenvalue weighted by molar-refractivity contribution is 6.77. The smallest absolute Gasteiger partial charge is 0.417 e. The van der Waals surface area contributed by atoms with Crippen molar-refractivity contribution >= 4 is 29.2 Å². The van der Waals surface area contributed by atoms with Gasteiger partial charge in [0.2, 0.25) is 0 Å². The van der Waals surface area contributed by atoms with E-state index in [1.807, 2.05) is 18.3 Å². The van der Waals surface area contributed by atoms with Crippen LogP contribution in [0.3, 0.4) is 0 Å². The van der Waals surface area contributed by atoms with Crippen LogP contribution in [0.15, 0.2) is 152 Å². The molecular weight excluding hydrogens is 707 g/mol. The molecule has 0 fully saturated rings. The first-order valence-electron chi connectivity index (χ1n) is 20.5. The van der Waals surface area contributed by atoms with Gasteiger partial charge in [0.05, 0.1) is 22.3 Å². The third kappa shape index (κ3) is 6.47. The summed E-state index contributed by atoms with van der Waals surface area (Å²) in [5.74, 6) is 1.26. The van der Waals surface area contributed by atoms with Gasteiger partial charge in [0.15, 0.2) is 0 Å². The van der Waals surface area contributed by atoms with Crippen LogP contribution in [0.2, 0.25) is 0 Å². The second-order valence-electron chi connectivity index (χ2n) is 17.2. The molecule has 286 valence electrons. The Bertz CT molecular complexity index is 2800. The average molecular weight is 757 g/mol. The van der Waals surface area contributed by atoms with Gasteiger partial charge in [-0.1, -0.05) is 138 Å². The second-order valence-corrected chi connectivity index (χ2v) is 17.2. The summed E-state index contributed by atoms with van der Waals surface area (Å²) in [5.41, 5.74) is 16.1. The minimum atomic E-state index is -0.215. The van der Waals surface area contributed by atoms with E-state index in [1.54, 1.807) is 6.07 Å². The molecule has 6 aromatic carbocycles. The number of fused-ring (bicyclic) bond motifs is 5. The highest BCUT2D eigenvalue weighted by Gasteiger charge is 2.42. The summed E-state index contributed by atoms with van der Waals surface area (Å²) in [6.45, 7) is 15.6. The Morgan fingerprint density at radius 3 is 1.97 bits per heavy atom. The SMILES string of the molecule is CC(C)c1cc(-c2ccccc2)ccc1B1N(C(C)C)c2cccc(O)c2-c2nc3c(-c4cc(-c5cc(-c6ccccc6)ccn5)cc(C(C)(C)C)c4)cccc3n21. The zero-order valence-corrected chi connectivity index (χ0v) is 34.4. The van der Waals surface area contributed by atoms with E-state index in [-0.39, 0.29) is 30.1 Å². The first kappa shape index (κ1) is 37.2. The third-order valence-corrected chi connectivity index (χ3v) is 11.7. The maximum Gasteiger partial charge on any atom is 0.417 e. The zero-order valence-electron chi connectivity index (χ0n) is 34.4. The first-order chi connectivity index (χ1) is 28.0. The van der Waals surface area contributed by atoms with E-state index in [0.717, 1.165) is 61.6 Å². The number of anilines is 1. The number of rotatable bonds is 7. The highest BCUT2D eigenvalue weighted by Crippen LogP contribution is 2.46. The van der Waals surface area contributed by atoms with Gasteiger partial charge in [-0.05, 0) is 112 Å². The van der Waals surface area contributed by atoms with E-state index in [1.165, 1.54) is 27.7 Å². The molecule has 8 aromatic rings. The number of nitrogens with zero attached hydrogens (tertiary/aromatic N) is 4. The summed E-state index contributed by atoms with van der Waals surface area (Å²) in [5, 5.41) is 11.7. The molecule has 0 amide bonds. The van der Waals surface area contributed by atoms with Gasteiger partial charge in [0.1, 0.15) is 11.6 Å². The monoisotopic (exact) mass is 756 g/mol. The Labute approximate surface area is 342 Å². The lowest BCUT2D eigenvalue weighted by Gasteiger charge is -2.41. The normalized spacial score (nSPS) is 12.7. The van der Waals surface area contributed by atoms with Crippen molar-refractivity contribution in [2.75, 3.05) is 4.81 Å².